The van der Waals surface area contributed by atoms with E-state index in [4.69, 9.17) is 16.3 Å². The second-order valence-electron chi connectivity index (χ2n) is 4.33. The zero-order valence-corrected chi connectivity index (χ0v) is 11.0. The number of halogens is 1. The molecule has 3 heterocycles. The maximum atomic E-state index is 6.24. The van der Waals surface area contributed by atoms with Gasteiger partial charge in [-0.2, -0.15) is 0 Å². The van der Waals surface area contributed by atoms with Crippen molar-refractivity contribution < 1.29 is 4.74 Å². The molecule has 96 valence electrons. The Morgan fingerprint density at radius 3 is 2.89 bits per heavy atom. The molecule has 6 heteroatoms. The van der Waals surface area contributed by atoms with Crippen molar-refractivity contribution in [1.29, 1.82) is 0 Å². The van der Waals surface area contributed by atoms with E-state index in [9.17, 15) is 0 Å². The number of ether oxygens (including phenoxy) is 1. The molecule has 1 saturated heterocycles. The molecule has 1 aliphatic rings. The first-order valence-electron chi connectivity index (χ1n) is 6.07. The Hall–Kier alpha value is -1.33. The third-order valence-electron chi connectivity index (χ3n) is 3.08. The highest BCUT2D eigenvalue weighted by atomic mass is 35.5. The second-order valence-corrected chi connectivity index (χ2v) is 4.98. The Morgan fingerprint density at radius 2 is 2.17 bits per heavy atom. The van der Waals surface area contributed by atoms with E-state index in [1.54, 1.807) is 12.4 Å². The third-order valence-corrected chi connectivity index (χ3v) is 3.28. The summed E-state index contributed by atoms with van der Waals surface area (Å²) in [7, 11) is 0. The maximum Gasteiger partial charge on any atom is 0.146 e. The molecule has 2 aromatic heterocycles. The number of aromatic nitrogens is 3. The first-order chi connectivity index (χ1) is 8.77. The number of pyridine rings is 1. The molecule has 0 radical (unpaired) electrons. The van der Waals surface area contributed by atoms with Crippen molar-refractivity contribution in [3.8, 4) is 0 Å². The molecule has 3 rings (SSSR count). The van der Waals surface area contributed by atoms with Crippen LogP contribution in [0.1, 0.15) is 18.1 Å². The molecule has 1 aliphatic heterocycles. The molecule has 0 bridgehead atoms. The van der Waals surface area contributed by atoms with Gasteiger partial charge in [-0.15, -0.1) is 11.6 Å². The Labute approximate surface area is 110 Å². The summed E-state index contributed by atoms with van der Waals surface area (Å²) in [5.74, 6) is 0.863. The highest BCUT2D eigenvalue weighted by Crippen LogP contribution is 2.24. The number of alkyl halides is 1. The Balaban J connectivity index is 2.14. The molecule has 1 atom stereocenters. The summed E-state index contributed by atoms with van der Waals surface area (Å²) in [6, 6.07) is 1.97. The van der Waals surface area contributed by atoms with Gasteiger partial charge in [-0.05, 0) is 13.0 Å². The van der Waals surface area contributed by atoms with Crippen LogP contribution < -0.4 is 5.01 Å². The lowest BCUT2D eigenvalue weighted by Gasteiger charge is -2.31. The number of morpholine rings is 1. The Morgan fingerprint density at radius 1 is 1.39 bits per heavy atom. The number of hydrogen-bond donors (Lipinski definition) is 0. The fourth-order valence-electron chi connectivity index (χ4n) is 2.25. The summed E-state index contributed by atoms with van der Waals surface area (Å²) in [6.07, 6.45) is 3.55. The van der Waals surface area contributed by atoms with Gasteiger partial charge < -0.3 is 9.75 Å². The second kappa shape index (κ2) is 4.74. The lowest BCUT2D eigenvalue weighted by Crippen LogP contribution is -2.44. The lowest BCUT2D eigenvalue weighted by atomic mass is 10.4. The molecule has 1 fully saturated rings. The highest BCUT2D eigenvalue weighted by molar-refractivity contribution is 6.20. The molecule has 2 aromatic rings. The largest absolute Gasteiger partial charge is 0.378 e. The average molecular weight is 267 g/mol. The fraction of sp³-hybridized carbons (Fsp3) is 0.500. The number of nitrogens with zero attached hydrogens (tertiary/aromatic N) is 4. The maximum absolute atomic E-state index is 6.24. The molecule has 5 nitrogen and oxygen atoms in total. The van der Waals surface area contributed by atoms with Crippen LogP contribution in [0.3, 0.4) is 0 Å². The van der Waals surface area contributed by atoms with Gasteiger partial charge in [0.1, 0.15) is 11.3 Å². The van der Waals surface area contributed by atoms with Gasteiger partial charge in [-0.1, -0.05) is 0 Å². The summed E-state index contributed by atoms with van der Waals surface area (Å²) in [5.41, 5.74) is 1.93. The monoisotopic (exact) mass is 266 g/mol. The van der Waals surface area contributed by atoms with Crippen LogP contribution in [0, 0.1) is 0 Å². The summed E-state index contributed by atoms with van der Waals surface area (Å²) < 4.78 is 7.50. The van der Waals surface area contributed by atoms with Crippen LogP contribution in [0.15, 0.2) is 18.5 Å². The number of hydrogen-bond acceptors (Lipinski definition) is 4. The fourth-order valence-corrected chi connectivity index (χ4v) is 2.39. The van der Waals surface area contributed by atoms with Crippen molar-refractivity contribution in [3.63, 3.8) is 0 Å². The van der Waals surface area contributed by atoms with Crippen molar-refractivity contribution >= 4 is 22.6 Å². The van der Waals surface area contributed by atoms with E-state index in [0.717, 1.165) is 43.2 Å². The predicted octanol–water partition coefficient (Wildman–Crippen LogP) is 1.70. The standard InChI is InChI=1S/C12H15ClN4O/c1-9(13)12-15-10-8-14-3-2-11(10)17(12)16-4-6-18-7-5-16/h2-3,8-9H,4-7H2,1H3. The van der Waals surface area contributed by atoms with E-state index in [1.807, 2.05) is 13.0 Å². The van der Waals surface area contributed by atoms with Gasteiger partial charge in [0.25, 0.3) is 0 Å². The third kappa shape index (κ3) is 1.93. The molecule has 0 aliphatic carbocycles. The van der Waals surface area contributed by atoms with Crippen LogP contribution in [0.4, 0.5) is 0 Å². The van der Waals surface area contributed by atoms with Crippen LogP contribution in [0.25, 0.3) is 11.0 Å². The number of imidazole rings is 1. The van der Waals surface area contributed by atoms with Gasteiger partial charge in [-0.25, -0.2) is 9.66 Å². The topological polar surface area (TPSA) is 43.2 Å². The van der Waals surface area contributed by atoms with Gasteiger partial charge in [0.15, 0.2) is 0 Å². The minimum atomic E-state index is -0.139. The Kier molecular flexibility index (Phi) is 3.09. The molecule has 0 N–H and O–H groups in total. The molecule has 0 spiro atoms. The summed E-state index contributed by atoms with van der Waals surface area (Å²) in [6.45, 7) is 5.11. The molecule has 0 amide bonds. The summed E-state index contributed by atoms with van der Waals surface area (Å²) in [4.78, 5) is 8.68. The van der Waals surface area contributed by atoms with Crippen molar-refractivity contribution in [3.05, 3.63) is 24.3 Å². The SMILES string of the molecule is CC(Cl)c1nc2cnccc2n1N1CCOCC1. The van der Waals surface area contributed by atoms with Crippen LogP contribution in [0.2, 0.25) is 0 Å². The minimum Gasteiger partial charge on any atom is -0.378 e. The average Bonchev–Trinajstić information content (AvgIpc) is 2.79. The zero-order valence-electron chi connectivity index (χ0n) is 10.2. The van der Waals surface area contributed by atoms with Crippen LogP contribution in [-0.2, 0) is 4.74 Å². The number of fused-ring (bicyclic) bond motifs is 1. The van der Waals surface area contributed by atoms with E-state index >= 15 is 0 Å². The van der Waals surface area contributed by atoms with Crippen LogP contribution in [-0.4, -0.2) is 40.9 Å². The molecule has 0 saturated carbocycles. The van der Waals surface area contributed by atoms with Gasteiger partial charge in [0.05, 0.1) is 43.4 Å². The van der Waals surface area contributed by atoms with Crippen molar-refractivity contribution in [1.82, 2.24) is 14.6 Å². The number of rotatable bonds is 2. The van der Waals surface area contributed by atoms with Gasteiger partial charge >= 0.3 is 0 Å². The molecule has 0 aromatic carbocycles. The van der Waals surface area contributed by atoms with Crippen molar-refractivity contribution in [2.45, 2.75) is 12.3 Å². The van der Waals surface area contributed by atoms with Gasteiger partial charge in [0, 0.05) is 6.20 Å². The van der Waals surface area contributed by atoms with Crippen molar-refractivity contribution in [2.24, 2.45) is 0 Å². The van der Waals surface area contributed by atoms with E-state index in [2.05, 4.69) is 19.7 Å². The van der Waals surface area contributed by atoms with Gasteiger partial charge in [0.2, 0.25) is 0 Å². The molecule has 18 heavy (non-hydrogen) atoms. The van der Waals surface area contributed by atoms with E-state index in [1.165, 1.54) is 0 Å². The van der Waals surface area contributed by atoms with E-state index < -0.39 is 0 Å². The van der Waals surface area contributed by atoms with Crippen LogP contribution >= 0.6 is 11.6 Å². The van der Waals surface area contributed by atoms with Crippen molar-refractivity contribution in [2.75, 3.05) is 31.3 Å². The van der Waals surface area contributed by atoms with Crippen LogP contribution in [0.5, 0.6) is 0 Å². The minimum absolute atomic E-state index is 0.139. The lowest BCUT2D eigenvalue weighted by molar-refractivity contribution is 0.111. The highest BCUT2D eigenvalue weighted by Gasteiger charge is 2.21. The zero-order chi connectivity index (χ0) is 12.5. The van der Waals surface area contributed by atoms with E-state index in [0.29, 0.717) is 0 Å². The normalized spacial score (nSPS) is 18.2. The Bertz CT molecular complexity index is 548. The molecular formula is C12H15ClN4O. The first-order valence-corrected chi connectivity index (χ1v) is 6.50. The van der Waals surface area contributed by atoms with Gasteiger partial charge in [-0.3, -0.25) is 4.98 Å². The summed E-state index contributed by atoms with van der Waals surface area (Å²) >= 11 is 6.24. The van der Waals surface area contributed by atoms with E-state index in [-0.39, 0.29) is 5.38 Å². The molecule has 1 unspecified atom stereocenters. The summed E-state index contributed by atoms with van der Waals surface area (Å²) in [5, 5.41) is 2.09. The predicted molar refractivity (Wildman–Crippen MR) is 70.6 cm³/mol. The quantitative estimate of drug-likeness (QED) is 0.776. The molecular weight excluding hydrogens is 252 g/mol. The first kappa shape index (κ1) is 11.7. The smallest absolute Gasteiger partial charge is 0.146 e.